The first kappa shape index (κ1) is 21.9. The summed E-state index contributed by atoms with van der Waals surface area (Å²) >= 11 is 6.01. The van der Waals surface area contributed by atoms with E-state index in [9.17, 15) is 4.79 Å². The predicted molar refractivity (Wildman–Crippen MR) is 121 cm³/mol. The van der Waals surface area contributed by atoms with Gasteiger partial charge in [0.25, 0.3) is 0 Å². The molecule has 1 N–H and O–H groups in total. The molecule has 2 aromatic carbocycles. The Kier molecular flexibility index (Phi) is 7.55. The van der Waals surface area contributed by atoms with E-state index in [4.69, 9.17) is 25.5 Å². The molecule has 1 heterocycles. The molecule has 6 heteroatoms. The minimum absolute atomic E-state index is 0.142. The summed E-state index contributed by atoms with van der Waals surface area (Å²) in [5.74, 6) is 0.508. The number of methoxy groups -OCH3 is 1. The fraction of sp³-hybridized carbons (Fsp3) is 0.292. The van der Waals surface area contributed by atoms with Crippen molar-refractivity contribution in [2.45, 2.75) is 20.3 Å². The number of ether oxygens (including phenoxy) is 2. The van der Waals surface area contributed by atoms with E-state index in [-0.39, 0.29) is 5.91 Å². The lowest BCUT2D eigenvalue weighted by atomic mass is 9.99. The highest BCUT2D eigenvalue weighted by atomic mass is 35.5. The number of hydrogen-bond donors (Lipinski definition) is 1. The summed E-state index contributed by atoms with van der Waals surface area (Å²) in [6, 6.07) is 11.4. The molecular formula is C24H26ClNO4. The van der Waals surface area contributed by atoms with Gasteiger partial charge in [-0.3, -0.25) is 4.79 Å². The zero-order chi connectivity index (χ0) is 21.5. The SMILES string of the molecule is CCOCCCNC(=O)/C=C(\C)c1cc2c(-c3ccc(Cl)cc3)coc2cc1OC. The van der Waals surface area contributed by atoms with Gasteiger partial charge >= 0.3 is 0 Å². The van der Waals surface area contributed by atoms with Crippen molar-refractivity contribution in [2.24, 2.45) is 0 Å². The second-order valence-corrected chi connectivity index (χ2v) is 7.31. The molecule has 30 heavy (non-hydrogen) atoms. The molecule has 0 spiro atoms. The van der Waals surface area contributed by atoms with Crippen molar-refractivity contribution in [1.29, 1.82) is 0 Å². The van der Waals surface area contributed by atoms with Crippen molar-refractivity contribution in [3.8, 4) is 16.9 Å². The van der Waals surface area contributed by atoms with E-state index < -0.39 is 0 Å². The maximum Gasteiger partial charge on any atom is 0.244 e. The number of furan rings is 1. The fourth-order valence-electron chi connectivity index (χ4n) is 3.24. The molecule has 3 aromatic rings. The van der Waals surface area contributed by atoms with Gasteiger partial charge in [-0.15, -0.1) is 0 Å². The molecule has 0 aliphatic heterocycles. The van der Waals surface area contributed by atoms with Crippen molar-refractivity contribution < 1.29 is 18.7 Å². The monoisotopic (exact) mass is 427 g/mol. The highest BCUT2D eigenvalue weighted by Gasteiger charge is 2.15. The first-order valence-electron chi connectivity index (χ1n) is 9.93. The second-order valence-electron chi connectivity index (χ2n) is 6.87. The van der Waals surface area contributed by atoms with E-state index in [0.29, 0.717) is 36.1 Å². The highest BCUT2D eigenvalue weighted by Crippen LogP contribution is 2.37. The van der Waals surface area contributed by atoms with Gasteiger partial charge in [0.2, 0.25) is 5.91 Å². The third-order valence-corrected chi connectivity index (χ3v) is 5.04. The summed E-state index contributed by atoms with van der Waals surface area (Å²) in [5, 5.41) is 4.51. The van der Waals surface area contributed by atoms with Gasteiger partial charge in [-0.2, -0.15) is 0 Å². The van der Waals surface area contributed by atoms with Crippen LogP contribution in [0.4, 0.5) is 0 Å². The van der Waals surface area contributed by atoms with Crippen molar-refractivity contribution in [1.82, 2.24) is 5.32 Å². The van der Waals surface area contributed by atoms with Crippen molar-refractivity contribution in [3.63, 3.8) is 0 Å². The number of hydrogen-bond acceptors (Lipinski definition) is 4. The topological polar surface area (TPSA) is 60.7 Å². The number of nitrogens with one attached hydrogen (secondary N) is 1. The van der Waals surface area contributed by atoms with Gasteiger partial charge in [-0.05, 0) is 49.6 Å². The number of rotatable bonds is 9. The zero-order valence-corrected chi connectivity index (χ0v) is 18.2. The Balaban J connectivity index is 1.87. The molecule has 0 unspecified atom stereocenters. The molecular weight excluding hydrogens is 402 g/mol. The lowest BCUT2D eigenvalue weighted by molar-refractivity contribution is -0.116. The van der Waals surface area contributed by atoms with Crippen LogP contribution in [0.3, 0.4) is 0 Å². The molecule has 0 atom stereocenters. The molecule has 0 aliphatic carbocycles. The molecule has 0 saturated carbocycles. The Morgan fingerprint density at radius 3 is 2.70 bits per heavy atom. The van der Waals surface area contributed by atoms with Gasteiger partial charge in [-0.25, -0.2) is 0 Å². The average molecular weight is 428 g/mol. The maximum absolute atomic E-state index is 12.3. The van der Waals surface area contributed by atoms with Gasteiger partial charge < -0.3 is 19.2 Å². The molecule has 0 fully saturated rings. The van der Waals surface area contributed by atoms with Crippen molar-refractivity contribution >= 4 is 34.1 Å². The summed E-state index contributed by atoms with van der Waals surface area (Å²) < 4.78 is 16.6. The number of allylic oxidation sites excluding steroid dienone is 1. The van der Waals surface area contributed by atoms with Crippen LogP contribution < -0.4 is 10.1 Å². The quantitative estimate of drug-likeness (QED) is 0.351. The standard InChI is InChI=1S/C24H26ClNO4/c1-4-29-11-5-10-26-24(27)12-16(2)19-13-20-21(17-6-8-18(25)9-7-17)15-30-23(20)14-22(19)28-3/h6-9,12-15H,4-5,10-11H2,1-3H3,(H,26,27)/b16-12+. The number of halogens is 1. The van der Waals surface area contributed by atoms with Crippen molar-refractivity contribution in [2.75, 3.05) is 26.9 Å². The van der Waals surface area contributed by atoms with Gasteiger partial charge in [-0.1, -0.05) is 23.7 Å². The summed E-state index contributed by atoms with van der Waals surface area (Å²) in [4.78, 5) is 12.3. The Morgan fingerprint density at radius 2 is 2.00 bits per heavy atom. The summed E-state index contributed by atoms with van der Waals surface area (Å²) in [6.45, 7) is 5.74. The first-order valence-corrected chi connectivity index (χ1v) is 10.3. The van der Waals surface area contributed by atoms with Crippen LogP contribution in [-0.2, 0) is 9.53 Å². The number of carbonyl (C=O) groups is 1. The largest absolute Gasteiger partial charge is 0.496 e. The number of fused-ring (bicyclic) bond motifs is 1. The van der Waals surface area contributed by atoms with Crippen LogP contribution in [-0.4, -0.2) is 32.8 Å². The number of carbonyl (C=O) groups excluding carboxylic acids is 1. The fourth-order valence-corrected chi connectivity index (χ4v) is 3.37. The van der Waals surface area contributed by atoms with Crippen LogP contribution >= 0.6 is 11.6 Å². The van der Waals surface area contributed by atoms with Gasteiger partial charge in [0.1, 0.15) is 11.3 Å². The summed E-state index contributed by atoms with van der Waals surface area (Å²) in [7, 11) is 1.61. The third kappa shape index (κ3) is 5.23. The highest BCUT2D eigenvalue weighted by molar-refractivity contribution is 6.30. The molecule has 1 aromatic heterocycles. The van der Waals surface area contributed by atoms with Crippen LogP contribution in [0.1, 0.15) is 25.8 Å². The maximum atomic E-state index is 12.3. The van der Waals surface area contributed by atoms with Crippen LogP contribution in [0, 0.1) is 0 Å². The number of amides is 1. The Labute approximate surface area is 181 Å². The lowest BCUT2D eigenvalue weighted by Gasteiger charge is -2.10. The second kappa shape index (κ2) is 10.3. The molecule has 158 valence electrons. The molecule has 0 saturated heterocycles. The molecule has 0 bridgehead atoms. The van der Waals surface area contributed by atoms with E-state index in [0.717, 1.165) is 34.1 Å². The van der Waals surface area contributed by atoms with E-state index >= 15 is 0 Å². The van der Waals surface area contributed by atoms with Gasteiger partial charge in [0, 0.05) is 53.4 Å². The smallest absolute Gasteiger partial charge is 0.244 e. The Morgan fingerprint density at radius 1 is 1.23 bits per heavy atom. The number of benzene rings is 2. The first-order chi connectivity index (χ1) is 14.5. The molecule has 0 aliphatic rings. The van der Waals surface area contributed by atoms with Gasteiger partial charge in [0.05, 0.1) is 13.4 Å². The van der Waals surface area contributed by atoms with E-state index in [1.807, 2.05) is 50.2 Å². The molecule has 3 rings (SSSR count). The Bertz CT molecular complexity index is 1040. The van der Waals surface area contributed by atoms with Crippen molar-refractivity contribution in [3.05, 3.63) is 59.3 Å². The minimum Gasteiger partial charge on any atom is -0.496 e. The lowest BCUT2D eigenvalue weighted by Crippen LogP contribution is -2.23. The molecule has 5 nitrogen and oxygen atoms in total. The normalized spacial score (nSPS) is 11.7. The van der Waals surface area contributed by atoms with Crippen LogP contribution in [0.2, 0.25) is 5.02 Å². The van der Waals surface area contributed by atoms with Crippen LogP contribution in [0.5, 0.6) is 5.75 Å². The average Bonchev–Trinajstić information content (AvgIpc) is 3.16. The van der Waals surface area contributed by atoms with Gasteiger partial charge in [0.15, 0.2) is 0 Å². The third-order valence-electron chi connectivity index (χ3n) is 4.79. The summed E-state index contributed by atoms with van der Waals surface area (Å²) in [6.07, 6.45) is 4.09. The molecule has 0 radical (unpaired) electrons. The summed E-state index contributed by atoms with van der Waals surface area (Å²) in [5.41, 5.74) is 4.32. The van der Waals surface area contributed by atoms with Crippen LogP contribution in [0.25, 0.3) is 27.7 Å². The zero-order valence-electron chi connectivity index (χ0n) is 17.5. The minimum atomic E-state index is -0.142. The van der Waals surface area contributed by atoms with Crippen LogP contribution in [0.15, 0.2) is 53.2 Å². The van der Waals surface area contributed by atoms with E-state index in [1.165, 1.54) is 0 Å². The van der Waals surface area contributed by atoms with E-state index in [2.05, 4.69) is 5.32 Å². The predicted octanol–water partition coefficient (Wildman–Crippen LogP) is 5.71. The Hall–Kier alpha value is -2.76. The molecule has 1 amide bonds. The van der Waals surface area contributed by atoms with E-state index in [1.54, 1.807) is 19.4 Å².